The Hall–Kier alpha value is -3.22. The lowest BCUT2D eigenvalue weighted by molar-refractivity contribution is -0.147. The summed E-state index contributed by atoms with van der Waals surface area (Å²) in [6, 6.07) is 10.7. The third-order valence-electron chi connectivity index (χ3n) is 4.59. The van der Waals surface area contributed by atoms with Gasteiger partial charge in [-0.3, -0.25) is 14.3 Å². The molecule has 0 bridgehead atoms. The van der Waals surface area contributed by atoms with Crippen molar-refractivity contribution in [2.45, 2.75) is 46.3 Å². The first-order valence-electron chi connectivity index (χ1n) is 9.62. The Morgan fingerprint density at radius 2 is 1.86 bits per heavy atom. The molecule has 0 aliphatic heterocycles. The molecule has 152 valence electrons. The van der Waals surface area contributed by atoms with Gasteiger partial charge in [-0.1, -0.05) is 30.3 Å². The van der Waals surface area contributed by atoms with Crippen molar-refractivity contribution in [2.24, 2.45) is 7.05 Å². The van der Waals surface area contributed by atoms with Gasteiger partial charge in [0.15, 0.2) is 5.65 Å². The highest BCUT2D eigenvalue weighted by Crippen LogP contribution is 2.24. The molecule has 1 unspecified atom stereocenters. The lowest BCUT2D eigenvalue weighted by Gasteiger charge is -2.20. The molecule has 0 spiro atoms. The van der Waals surface area contributed by atoms with Crippen LogP contribution in [-0.2, 0) is 16.6 Å². The minimum atomic E-state index is -0.504. The van der Waals surface area contributed by atoms with Crippen LogP contribution < -0.4 is 5.32 Å². The molecule has 7 nitrogen and oxygen atoms in total. The second-order valence-electron chi connectivity index (χ2n) is 7.40. The minimum absolute atomic E-state index is 0.0488. The minimum Gasteiger partial charge on any atom is -0.463 e. The van der Waals surface area contributed by atoms with E-state index in [1.807, 2.05) is 44.2 Å². The van der Waals surface area contributed by atoms with Crippen molar-refractivity contribution in [3.63, 3.8) is 0 Å². The Bertz CT molecular complexity index is 1040. The topological polar surface area (TPSA) is 86.1 Å². The van der Waals surface area contributed by atoms with E-state index in [1.54, 1.807) is 31.6 Å². The van der Waals surface area contributed by atoms with E-state index in [2.05, 4.69) is 15.4 Å². The van der Waals surface area contributed by atoms with Crippen LogP contribution in [0.25, 0.3) is 11.0 Å². The lowest BCUT2D eigenvalue weighted by atomic mass is 10.0. The predicted molar refractivity (Wildman–Crippen MR) is 110 cm³/mol. The molecule has 1 atom stereocenters. The zero-order chi connectivity index (χ0) is 21.1. The van der Waals surface area contributed by atoms with Gasteiger partial charge in [0.1, 0.15) is 0 Å². The van der Waals surface area contributed by atoms with Crippen LogP contribution in [0.3, 0.4) is 0 Å². The van der Waals surface area contributed by atoms with E-state index < -0.39 is 6.04 Å². The summed E-state index contributed by atoms with van der Waals surface area (Å²) in [5.41, 5.74) is 3.45. The first-order valence-corrected chi connectivity index (χ1v) is 9.62. The third-order valence-corrected chi connectivity index (χ3v) is 4.59. The average molecular weight is 394 g/mol. The van der Waals surface area contributed by atoms with Crippen molar-refractivity contribution in [3.05, 3.63) is 58.9 Å². The van der Waals surface area contributed by atoms with Crippen LogP contribution in [0.4, 0.5) is 0 Å². The van der Waals surface area contributed by atoms with Gasteiger partial charge in [-0.25, -0.2) is 4.98 Å². The fraction of sp³-hybridized carbons (Fsp3) is 0.364. The normalized spacial score (nSPS) is 12.2. The van der Waals surface area contributed by atoms with Crippen LogP contribution in [0.2, 0.25) is 0 Å². The van der Waals surface area contributed by atoms with E-state index in [4.69, 9.17) is 4.74 Å². The highest BCUT2D eigenvalue weighted by Gasteiger charge is 2.23. The number of fused-ring (bicyclic) bond motifs is 1. The fourth-order valence-corrected chi connectivity index (χ4v) is 3.40. The summed E-state index contributed by atoms with van der Waals surface area (Å²) < 4.78 is 6.96. The summed E-state index contributed by atoms with van der Waals surface area (Å²) in [6.45, 7) is 7.30. The van der Waals surface area contributed by atoms with Gasteiger partial charge in [0, 0.05) is 12.7 Å². The average Bonchev–Trinajstić information content (AvgIpc) is 2.94. The molecular formula is C22H26N4O3. The maximum atomic E-state index is 13.2. The second-order valence-corrected chi connectivity index (χ2v) is 7.40. The monoisotopic (exact) mass is 394 g/mol. The number of hydrogen-bond acceptors (Lipinski definition) is 5. The summed E-state index contributed by atoms with van der Waals surface area (Å²) in [6.07, 6.45) is -0.164. The van der Waals surface area contributed by atoms with Gasteiger partial charge in [-0.15, -0.1) is 0 Å². The summed E-state index contributed by atoms with van der Waals surface area (Å²) in [4.78, 5) is 30.0. The summed E-state index contributed by atoms with van der Waals surface area (Å²) in [5.74, 6) is -0.634. The van der Waals surface area contributed by atoms with Crippen LogP contribution in [0, 0.1) is 13.8 Å². The zero-order valence-corrected chi connectivity index (χ0v) is 17.4. The SMILES string of the molecule is Cc1cc(C(=O)NC(CC(=O)OC(C)C)c2ccccc2)c2c(C)nn(C)c2n1. The Labute approximate surface area is 170 Å². The van der Waals surface area contributed by atoms with Crippen LogP contribution in [-0.4, -0.2) is 32.7 Å². The van der Waals surface area contributed by atoms with Gasteiger partial charge >= 0.3 is 5.97 Å². The number of nitrogens with zero attached hydrogens (tertiary/aromatic N) is 3. The largest absolute Gasteiger partial charge is 0.463 e. The summed E-state index contributed by atoms with van der Waals surface area (Å²) in [7, 11) is 1.80. The Balaban J connectivity index is 1.95. The maximum absolute atomic E-state index is 13.2. The molecule has 1 N–H and O–H groups in total. The number of aryl methyl sites for hydroxylation is 3. The van der Waals surface area contributed by atoms with Gasteiger partial charge in [0.2, 0.25) is 0 Å². The summed E-state index contributed by atoms with van der Waals surface area (Å²) >= 11 is 0. The Kier molecular flexibility index (Phi) is 5.96. The number of aromatic nitrogens is 3. The number of hydrogen-bond donors (Lipinski definition) is 1. The molecule has 2 heterocycles. The van der Waals surface area contributed by atoms with Crippen molar-refractivity contribution >= 4 is 22.9 Å². The van der Waals surface area contributed by atoms with Crippen molar-refractivity contribution in [1.29, 1.82) is 0 Å². The predicted octanol–water partition coefficient (Wildman–Crippen LogP) is 3.40. The Morgan fingerprint density at radius 1 is 1.17 bits per heavy atom. The van der Waals surface area contributed by atoms with Crippen molar-refractivity contribution in [3.8, 4) is 0 Å². The van der Waals surface area contributed by atoms with Crippen molar-refractivity contribution in [1.82, 2.24) is 20.1 Å². The molecule has 0 radical (unpaired) electrons. The van der Waals surface area contributed by atoms with Crippen LogP contribution in [0.1, 0.15) is 53.6 Å². The van der Waals surface area contributed by atoms with E-state index in [1.165, 1.54) is 0 Å². The highest BCUT2D eigenvalue weighted by atomic mass is 16.5. The van der Waals surface area contributed by atoms with Gasteiger partial charge in [0.25, 0.3) is 5.91 Å². The molecule has 3 rings (SSSR count). The first-order chi connectivity index (χ1) is 13.8. The first kappa shape index (κ1) is 20.5. The molecule has 2 aromatic heterocycles. The van der Waals surface area contributed by atoms with Crippen LogP contribution in [0.5, 0.6) is 0 Å². The molecule has 0 aliphatic rings. The zero-order valence-electron chi connectivity index (χ0n) is 17.4. The van der Waals surface area contributed by atoms with E-state index in [9.17, 15) is 9.59 Å². The number of benzene rings is 1. The van der Waals surface area contributed by atoms with Crippen LogP contribution in [0.15, 0.2) is 36.4 Å². The standard InChI is InChI=1S/C22H26N4O3/c1-13(2)29-19(27)12-18(16-9-7-6-8-10-16)24-22(28)17-11-14(3)23-21-20(17)15(4)25-26(21)5/h6-11,13,18H,12H2,1-5H3,(H,24,28). The number of rotatable bonds is 6. The number of pyridine rings is 1. The molecule has 3 aromatic rings. The molecule has 1 aromatic carbocycles. The van der Waals surface area contributed by atoms with Gasteiger partial charge in [-0.2, -0.15) is 5.10 Å². The van der Waals surface area contributed by atoms with Gasteiger partial charge < -0.3 is 10.1 Å². The van der Waals surface area contributed by atoms with Gasteiger partial charge in [-0.05, 0) is 39.3 Å². The quantitative estimate of drug-likeness (QED) is 0.648. The number of ether oxygens (including phenoxy) is 1. The molecule has 0 saturated carbocycles. The number of carbonyl (C=O) groups excluding carboxylic acids is 2. The van der Waals surface area contributed by atoms with Crippen molar-refractivity contribution < 1.29 is 14.3 Å². The van der Waals surface area contributed by atoms with E-state index in [-0.39, 0.29) is 24.4 Å². The second kappa shape index (κ2) is 8.43. The molecule has 0 fully saturated rings. The van der Waals surface area contributed by atoms with Crippen molar-refractivity contribution in [2.75, 3.05) is 0 Å². The van der Waals surface area contributed by atoms with E-state index >= 15 is 0 Å². The number of carbonyl (C=O) groups is 2. The molecular weight excluding hydrogens is 368 g/mol. The van der Waals surface area contributed by atoms with Gasteiger partial charge in [0.05, 0.1) is 35.2 Å². The maximum Gasteiger partial charge on any atom is 0.308 e. The molecule has 1 amide bonds. The summed E-state index contributed by atoms with van der Waals surface area (Å²) in [5, 5.41) is 8.11. The molecule has 0 saturated heterocycles. The third kappa shape index (κ3) is 4.62. The van der Waals surface area contributed by atoms with Crippen LogP contribution >= 0.6 is 0 Å². The Morgan fingerprint density at radius 3 is 2.52 bits per heavy atom. The number of nitrogens with one attached hydrogen (secondary N) is 1. The molecule has 29 heavy (non-hydrogen) atoms. The van der Waals surface area contributed by atoms with E-state index in [0.29, 0.717) is 16.6 Å². The number of amides is 1. The lowest BCUT2D eigenvalue weighted by Crippen LogP contribution is -2.31. The molecule has 7 heteroatoms. The smallest absolute Gasteiger partial charge is 0.308 e. The molecule has 0 aliphatic carbocycles. The highest BCUT2D eigenvalue weighted by molar-refractivity contribution is 6.06. The van der Waals surface area contributed by atoms with E-state index in [0.717, 1.165) is 17.0 Å². The fourth-order valence-electron chi connectivity index (χ4n) is 3.40. The number of esters is 1.